The minimum atomic E-state index is -0.283. The largest absolute Gasteiger partial charge is 0.393 e. The fraction of sp³-hybridized carbons (Fsp3) is 0.0870. The highest BCUT2D eigenvalue weighted by atomic mass is 16.2. The number of carbonyl (C=O) groups is 1. The van der Waals surface area contributed by atoms with Gasteiger partial charge in [0.2, 0.25) is 0 Å². The SMILES string of the molecule is CCc1ccc(Nc2ncnc(NNC(=O)c3cccc4ccccc34)c2N)cc1. The van der Waals surface area contributed by atoms with Gasteiger partial charge in [-0.25, -0.2) is 9.97 Å². The van der Waals surface area contributed by atoms with Crippen molar-refractivity contribution >= 4 is 39.7 Å². The number of hydrazine groups is 1. The lowest BCUT2D eigenvalue weighted by atomic mass is 10.0. The Hall–Kier alpha value is -4.13. The summed E-state index contributed by atoms with van der Waals surface area (Å²) in [5.74, 6) is 0.483. The molecule has 0 fully saturated rings. The van der Waals surface area contributed by atoms with Crippen molar-refractivity contribution in [2.24, 2.45) is 0 Å². The molecule has 0 aliphatic heterocycles. The maximum absolute atomic E-state index is 12.7. The molecule has 7 nitrogen and oxygen atoms in total. The van der Waals surface area contributed by atoms with Crippen LogP contribution in [-0.2, 0) is 6.42 Å². The number of benzene rings is 3. The van der Waals surface area contributed by atoms with Crippen LogP contribution in [-0.4, -0.2) is 15.9 Å². The molecule has 0 bridgehead atoms. The third kappa shape index (κ3) is 4.00. The summed E-state index contributed by atoms with van der Waals surface area (Å²) >= 11 is 0. The number of nitrogens with two attached hydrogens (primary N) is 1. The number of rotatable bonds is 6. The van der Waals surface area contributed by atoms with Gasteiger partial charge in [0.05, 0.1) is 0 Å². The third-order valence-electron chi connectivity index (χ3n) is 4.84. The number of fused-ring (bicyclic) bond motifs is 1. The molecule has 7 heteroatoms. The van der Waals surface area contributed by atoms with Gasteiger partial charge in [0.1, 0.15) is 12.0 Å². The van der Waals surface area contributed by atoms with E-state index in [0.717, 1.165) is 22.9 Å². The first-order chi connectivity index (χ1) is 14.7. The molecule has 30 heavy (non-hydrogen) atoms. The summed E-state index contributed by atoms with van der Waals surface area (Å²) in [7, 11) is 0. The van der Waals surface area contributed by atoms with E-state index in [0.29, 0.717) is 22.9 Å². The Balaban J connectivity index is 1.49. The van der Waals surface area contributed by atoms with Gasteiger partial charge in [-0.1, -0.05) is 55.5 Å². The summed E-state index contributed by atoms with van der Waals surface area (Å²) < 4.78 is 0. The Labute approximate surface area is 174 Å². The summed E-state index contributed by atoms with van der Waals surface area (Å²) in [5.41, 5.74) is 14.6. The first-order valence-electron chi connectivity index (χ1n) is 9.66. The maximum Gasteiger partial charge on any atom is 0.270 e. The highest BCUT2D eigenvalue weighted by Gasteiger charge is 2.12. The molecule has 0 atom stereocenters. The zero-order chi connectivity index (χ0) is 20.9. The summed E-state index contributed by atoms with van der Waals surface area (Å²) in [6, 6.07) is 21.3. The minimum Gasteiger partial charge on any atom is -0.393 e. The van der Waals surface area contributed by atoms with Gasteiger partial charge >= 0.3 is 0 Å². The molecule has 4 rings (SSSR count). The number of hydrogen-bond acceptors (Lipinski definition) is 6. The number of anilines is 4. The van der Waals surface area contributed by atoms with Gasteiger partial charge in [0.15, 0.2) is 11.6 Å². The number of amides is 1. The van der Waals surface area contributed by atoms with Crippen molar-refractivity contribution in [2.45, 2.75) is 13.3 Å². The van der Waals surface area contributed by atoms with E-state index in [1.165, 1.54) is 11.9 Å². The predicted octanol–water partition coefficient (Wildman–Crippen LogP) is 4.27. The molecule has 0 saturated heterocycles. The molecule has 3 aromatic carbocycles. The van der Waals surface area contributed by atoms with Crippen LogP contribution >= 0.6 is 0 Å². The molecule has 0 aliphatic rings. The van der Waals surface area contributed by atoms with Gasteiger partial charge < -0.3 is 11.1 Å². The standard InChI is InChI=1S/C23H22N6O/c1-2-15-10-12-17(13-11-15)27-21-20(24)22(26-14-25-21)28-29-23(30)19-9-5-7-16-6-3-4-8-18(16)19/h3-14H,2,24H2,1H3,(H,29,30)(H2,25,26,27,28). The molecule has 0 unspecified atom stereocenters. The Morgan fingerprint density at radius 1 is 0.933 bits per heavy atom. The number of nitrogen functional groups attached to an aromatic ring is 1. The summed E-state index contributed by atoms with van der Waals surface area (Å²) in [4.78, 5) is 21.0. The lowest BCUT2D eigenvalue weighted by molar-refractivity contribution is 0.0964. The van der Waals surface area contributed by atoms with Crippen LogP contribution < -0.4 is 21.9 Å². The number of nitrogens with zero attached hydrogens (tertiary/aromatic N) is 2. The fourth-order valence-corrected chi connectivity index (χ4v) is 3.16. The summed E-state index contributed by atoms with van der Waals surface area (Å²) in [5, 5.41) is 5.04. The lowest BCUT2D eigenvalue weighted by Crippen LogP contribution is -2.30. The van der Waals surface area contributed by atoms with E-state index in [1.54, 1.807) is 6.07 Å². The molecule has 0 saturated carbocycles. The van der Waals surface area contributed by atoms with Crippen LogP contribution in [0.2, 0.25) is 0 Å². The van der Waals surface area contributed by atoms with Crippen LogP contribution in [0.3, 0.4) is 0 Å². The van der Waals surface area contributed by atoms with Crippen molar-refractivity contribution < 1.29 is 4.79 Å². The molecule has 0 radical (unpaired) electrons. The van der Waals surface area contributed by atoms with E-state index in [2.05, 4.69) is 33.1 Å². The van der Waals surface area contributed by atoms with Crippen molar-refractivity contribution in [2.75, 3.05) is 16.5 Å². The average molecular weight is 398 g/mol. The van der Waals surface area contributed by atoms with Crippen LogP contribution in [0.4, 0.5) is 23.0 Å². The number of carbonyl (C=O) groups excluding carboxylic acids is 1. The molecule has 5 N–H and O–H groups in total. The van der Waals surface area contributed by atoms with Crippen LogP contribution in [0, 0.1) is 0 Å². The van der Waals surface area contributed by atoms with Crippen LogP contribution in [0.25, 0.3) is 10.8 Å². The second kappa shape index (κ2) is 8.48. The molecule has 1 heterocycles. The Morgan fingerprint density at radius 3 is 2.47 bits per heavy atom. The van der Waals surface area contributed by atoms with E-state index in [-0.39, 0.29) is 5.91 Å². The minimum absolute atomic E-state index is 0.283. The van der Waals surface area contributed by atoms with Crippen molar-refractivity contribution in [3.63, 3.8) is 0 Å². The zero-order valence-electron chi connectivity index (χ0n) is 16.5. The van der Waals surface area contributed by atoms with E-state index in [4.69, 9.17) is 5.73 Å². The van der Waals surface area contributed by atoms with Gasteiger partial charge in [0, 0.05) is 11.3 Å². The number of aromatic nitrogens is 2. The van der Waals surface area contributed by atoms with Gasteiger partial charge in [-0.05, 0) is 41.0 Å². The highest BCUT2D eigenvalue weighted by molar-refractivity contribution is 6.07. The lowest BCUT2D eigenvalue weighted by Gasteiger charge is -2.14. The number of hydrogen-bond donors (Lipinski definition) is 4. The molecular weight excluding hydrogens is 376 g/mol. The number of aryl methyl sites for hydroxylation is 1. The van der Waals surface area contributed by atoms with Crippen LogP contribution in [0.5, 0.6) is 0 Å². The molecule has 4 aromatic rings. The van der Waals surface area contributed by atoms with E-state index in [9.17, 15) is 4.79 Å². The van der Waals surface area contributed by atoms with E-state index < -0.39 is 0 Å². The zero-order valence-corrected chi connectivity index (χ0v) is 16.5. The molecule has 1 aromatic heterocycles. The van der Waals surface area contributed by atoms with Crippen LogP contribution in [0.1, 0.15) is 22.8 Å². The first-order valence-corrected chi connectivity index (χ1v) is 9.66. The number of nitrogens with one attached hydrogen (secondary N) is 3. The van der Waals surface area contributed by atoms with Gasteiger partial charge in [-0.15, -0.1) is 0 Å². The molecule has 0 spiro atoms. The normalized spacial score (nSPS) is 10.6. The van der Waals surface area contributed by atoms with Crippen molar-refractivity contribution in [1.29, 1.82) is 0 Å². The third-order valence-corrected chi connectivity index (χ3v) is 4.84. The summed E-state index contributed by atoms with van der Waals surface area (Å²) in [6.07, 6.45) is 2.35. The van der Waals surface area contributed by atoms with Gasteiger partial charge in [0.25, 0.3) is 5.91 Å². The maximum atomic E-state index is 12.7. The van der Waals surface area contributed by atoms with E-state index >= 15 is 0 Å². The van der Waals surface area contributed by atoms with Gasteiger partial charge in [-0.2, -0.15) is 0 Å². The molecule has 0 aliphatic carbocycles. The first kappa shape index (κ1) is 19.2. The monoisotopic (exact) mass is 398 g/mol. The van der Waals surface area contributed by atoms with Gasteiger partial charge in [-0.3, -0.25) is 15.6 Å². The van der Waals surface area contributed by atoms with Crippen molar-refractivity contribution in [3.05, 3.63) is 84.2 Å². The predicted molar refractivity (Wildman–Crippen MR) is 121 cm³/mol. The van der Waals surface area contributed by atoms with E-state index in [1.807, 2.05) is 60.7 Å². The van der Waals surface area contributed by atoms with Crippen molar-refractivity contribution in [3.8, 4) is 0 Å². The second-order valence-electron chi connectivity index (χ2n) is 6.77. The average Bonchev–Trinajstić information content (AvgIpc) is 2.79. The quantitative estimate of drug-likeness (QED) is 0.362. The topological polar surface area (TPSA) is 105 Å². The molecule has 150 valence electrons. The summed E-state index contributed by atoms with van der Waals surface area (Å²) in [6.45, 7) is 2.11. The Kier molecular flexibility index (Phi) is 5.43. The molecular formula is C23H22N6O. The second-order valence-corrected chi connectivity index (χ2v) is 6.77. The van der Waals surface area contributed by atoms with Crippen LogP contribution in [0.15, 0.2) is 73.1 Å². The fourth-order valence-electron chi connectivity index (χ4n) is 3.16. The smallest absolute Gasteiger partial charge is 0.270 e. The Morgan fingerprint density at radius 2 is 1.67 bits per heavy atom. The van der Waals surface area contributed by atoms with Crippen molar-refractivity contribution in [1.82, 2.24) is 15.4 Å². The Bertz CT molecular complexity index is 1180. The molecule has 1 amide bonds. The highest BCUT2D eigenvalue weighted by Crippen LogP contribution is 2.25.